The van der Waals surface area contributed by atoms with E-state index in [0.29, 0.717) is 11.8 Å². The highest BCUT2D eigenvalue weighted by Gasteiger charge is 2.45. The Morgan fingerprint density at radius 2 is 2.00 bits per heavy atom. The maximum atomic E-state index is 12.8. The third-order valence-electron chi connectivity index (χ3n) is 5.09. The molecular weight excluding hydrogens is 260 g/mol. The van der Waals surface area contributed by atoms with Gasteiger partial charge in [0, 0.05) is 19.6 Å². The molecule has 0 bridgehead atoms. The quantitative estimate of drug-likeness (QED) is 0.926. The van der Waals surface area contributed by atoms with Crippen LogP contribution in [0.4, 0.5) is 0 Å². The molecule has 0 aromatic heterocycles. The Hall–Kier alpha value is -1.35. The number of amides is 1. The SMILES string of the molecule is CC(C)c1ccc(CN2CCCC3(CCNC3)C2=O)cc1. The average molecular weight is 286 g/mol. The molecule has 3 rings (SSSR count). The van der Waals surface area contributed by atoms with Crippen molar-refractivity contribution in [1.29, 1.82) is 0 Å². The highest BCUT2D eigenvalue weighted by atomic mass is 16.2. The van der Waals surface area contributed by atoms with Gasteiger partial charge in [-0.25, -0.2) is 0 Å². The molecule has 2 fully saturated rings. The number of likely N-dealkylation sites (tertiary alicyclic amines) is 1. The Labute approximate surface area is 127 Å². The first-order valence-corrected chi connectivity index (χ1v) is 8.20. The van der Waals surface area contributed by atoms with Gasteiger partial charge in [0.2, 0.25) is 5.91 Å². The molecule has 0 aliphatic carbocycles. The molecular formula is C18H26N2O. The third-order valence-corrected chi connectivity index (χ3v) is 5.09. The van der Waals surface area contributed by atoms with Gasteiger partial charge in [-0.2, -0.15) is 0 Å². The van der Waals surface area contributed by atoms with Crippen LogP contribution in [-0.2, 0) is 11.3 Å². The first-order valence-electron chi connectivity index (χ1n) is 8.20. The highest BCUT2D eigenvalue weighted by Crippen LogP contribution is 2.37. The molecule has 2 heterocycles. The van der Waals surface area contributed by atoms with E-state index in [0.717, 1.165) is 45.4 Å². The summed E-state index contributed by atoms with van der Waals surface area (Å²) >= 11 is 0. The molecule has 3 nitrogen and oxygen atoms in total. The molecule has 1 spiro atoms. The van der Waals surface area contributed by atoms with Gasteiger partial charge in [0.25, 0.3) is 0 Å². The van der Waals surface area contributed by atoms with E-state index in [1.54, 1.807) is 0 Å². The van der Waals surface area contributed by atoms with Crippen molar-refractivity contribution in [2.24, 2.45) is 5.41 Å². The number of hydrogen-bond acceptors (Lipinski definition) is 2. The summed E-state index contributed by atoms with van der Waals surface area (Å²) in [5, 5.41) is 3.37. The van der Waals surface area contributed by atoms with E-state index in [9.17, 15) is 4.79 Å². The van der Waals surface area contributed by atoms with Crippen molar-refractivity contribution in [1.82, 2.24) is 10.2 Å². The summed E-state index contributed by atoms with van der Waals surface area (Å²) in [6.07, 6.45) is 3.20. The van der Waals surface area contributed by atoms with Crippen molar-refractivity contribution < 1.29 is 4.79 Å². The van der Waals surface area contributed by atoms with Crippen LogP contribution in [0.5, 0.6) is 0 Å². The smallest absolute Gasteiger partial charge is 0.230 e. The monoisotopic (exact) mass is 286 g/mol. The number of piperidine rings is 1. The summed E-state index contributed by atoms with van der Waals surface area (Å²) in [5.41, 5.74) is 2.51. The minimum Gasteiger partial charge on any atom is -0.338 e. The van der Waals surface area contributed by atoms with E-state index in [1.807, 2.05) is 0 Å². The van der Waals surface area contributed by atoms with Gasteiger partial charge in [0.1, 0.15) is 0 Å². The van der Waals surface area contributed by atoms with Crippen LogP contribution in [0.3, 0.4) is 0 Å². The Morgan fingerprint density at radius 3 is 2.62 bits per heavy atom. The zero-order valence-corrected chi connectivity index (χ0v) is 13.2. The maximum absolute atomic E-state index is 12.8. The number of nitrogens with zero attached hydrogens (tertiary/aromatic N) is 1. The Balaban J connectivity index is 1.70. The van der Waals surface area contributed by atoms with E-state index in [2.05, 4.69) is 48.3 Å². The third kappa shape index (κ3) is 2.84. The second kappa shape index (κ2) is 5.80. The first kappa shape index (κ1) is 14.6. The van der Waals surface area contributed by atoms with E-state index < -0.39 is 0 Å². The summed E-state index contributed by atoms with van der Waals surface area (Å²) < 4.78 is 0. The summed E-state index contributed by atoms with van der Waals surface area (Å²) in [5.74, 6) is 0.926. The van der Waals surface area contributed by atoms with Crippen LogP contribution in [-0.4, -0.2) is 30.4 Å². The standard InChI is InChI=1S/C18H26N2O/c1-14(2)16-6-4-15(5-7-16)12-20-11-3-8-18(17(20)21)9-10-19-13-18/h4-7,14,19H,3,8-13H2,1-2H3. The molecule has 1 atom stereocenters. The molecule has 0 saturated carbocycles. The number of carbonyl (C=O) groups is 1. The molecule has 2 aliphatic rings. The lowest BCUT2D eigenvalue weighted by Crippen LogP contribution is -2.49. The number of nitrogens with one attached hydrogen (secondary N) is 1. The summed E-state index contributed by atoms with van der Waals surface area (Å²) in [7, 11) is 0. The van der Waals surface area contributed by atoms with Crippen molar-refractivity contribution >= 4 is 5.91 Å². The van der Waals surface area contributed by atoms with Gasteiger partial charge in [-0.15, -0.1) is 0 Å². The summed E-state index contributed by atoms with van der Waals surface area (Å²) in [4.78, 5) is 14.9. The van der Waals surface area contributed by atoms with Gasteiger partial charge < -0.3 is 10.2 Å². The van der Waals surface area contributed by atoms with Crippen LogP contribution >= 0.6 is 0 Å². The van der Waals surface area contributed by atoms with Crippen LogP contribution in [0, 0.1) is 5.41 Å². The maximum Gasteiger partial charge on any atom is 0.230 e. The van der Waals surface area contributed by atoms with Crippen molar-refractivity contribution in [3.8, 4) is 0 Å². The highest BCUT2D eigenvalue weighted by molar-refractivity contribution is 5.84. The van der Waals surface area contributed by atoms with Crippen molar-refractivity contribution in [3.63, 3.8) is 0 Å². The largest absolute Gasteiger partial charge is 0.338 e. The Bertz CT molecular complexity index is 500. The van der Waals surface area contributed by atoms with E-state index in [-0.39, 0.29) is 5.41 Å². The molecule has 1 aromatic rings. The summed E-state index contributed by atoms with van der Waals surface area (Å²) in [6.45, 7) is 7.95. The van der Waals surface area contributed by atoms with Crippen LogP contribution in [0.25, 0.3) is 0 Å². The first-order chi connectivity index (χ1) is 10.1. The molecule has 1 N–H and O–H groups in total. The molecule has 0 radical (unpaired) electrons. The number of benzene rings is 1. The number of hydrogen-bond donors (Lipinski definition) is 1. The number of rotatable bonds is 3. The lowest BCUT2D eigenvalue weighted by atomic mass is 9.78. The molecule has 2 aliphatic heterocycles. The second-order valence-electron chi connectivity index (χ2n) is 6.93. The van der Waals surface area contributed by atoms with Crippen molar-refractivity contribution in [2.45, 2.75) is 45.6 Å². The van der Waals surface area contributed by atoms with Gasteiger partial charge >= 0.3 is 0 Å². The Morgan fingerprint density at radius 1 is 1.24 bits per heavy atom. The Kier molecular flexibility index (Phi) is 4.03. The van der Waals surface area contributed by atoms with Gasteiger partial charge in [-0.3, -0.25) is 4.79 Å². The fourth-order valence-electron chi connectivity index (χ4n) is 3.67. The molecule has 3 heteroatoms. The fourth-order valence-corrected chi connectivity index (χ4v) is 3.67. The van der Waals surface area contributed by atoms with Gasteiger partial charge in [-0.05, 0) is 42.9 Å². The number of carbonyl (C=O) groups excluding carboxylic acids is 1. The lowest BCUT2D eigenvalue weighted by Gasteiger charge is -2.39. The lowest BCUT2D eigenvalue weighted by molar-refractivity contribution is -0.145. The molecule has 2 saturated heterocycles. The van der Waals surface area contributed by atoms with Gasteiger partial charge in [0.15, 0.2) is 0 Å². The predicted molar refractivity (Wildman–Crippen MR) is 85.1 cm³/mol. The fraction of sp³-hybridized carbons (Fsp3) is 0.611. The minimum atomic E-state index is -0.101. The molecule has 1 aromatic carbocycles. The van der Waals surface area contributed by atoms with Crippen molar-refractivity contribution in [2.75, 3.05) is 19.6 Å². The predicted octanol–water partition coefficient (Wildman–Crippen LogP) is 2.91. The second-order valence-corrected chi connectivity index (χ2v) is 6.93. The van der Waals surface area contributed by atoms with Crippen LogP contribution in [0.2, 0.25) is 0 Å². The van der Waals surface area contributed by atoms with Crippen LogP contribution in [0.1, 0.15) is 50.2 Å². The van der Waals surface area contributed by atoms with E-state index >= 15 is 0 Å². The normalized spacial score (nSPS) is 26.0. The molecule has 1 unspecified atom stereocenters. The van der Waals surface area contributed by atoms with Gasteiger partial charge in [0.05, 0.1) is 5.41 Å². The molecule has 21 heavy (non-hydrogen) atoms. The minimum absolute atomic E-state index is 0.101. The molecule has 1 amide bonds. The topological polar surface area (TPSA) is 32.3 Å². The average Bonchev–Trinajstić information content (AvgIpc) is 2.94. The van der Waals surface area contributed by atoms with Crippen LogP contribution in [0.15, 0.2) is 24.3 Å². The molecule has 114 valence electrons. The van der Waals surface area contributed by atoms with Crippen LogP contribution < -0.4 is 5.32 Å². The zero-order valence-electron chi connectivity index (χ0n) is 13.2. The van der Waals surface area contributed by atoms with E-state index in [4.69, 9.17) is 0 Å². The van der Waals surface area contributed by atoms with Crippen molar-refractivity contribution in [3.05, 3.63) is 35.4 Å². The zero-order chi connectivity index (χ0) is 14.9. The van der Waals surface area contributed by atoms with Gasteiger partial charge in [-0.1, -0.05) is 38.1 Å². The summed E-state index contributed by atoms with van der Waals surface area (Å²) in [6, 6.07) is 8.75. The van der Waals surface area contributed by atoms with E-state index in [1.165, 1.54) is 11.1 Å².